The highest BCUT2D eigenvalue weighted by Gasteiger charge is 2.62. The van der Waals surface area contributed by atoms with Gasteiger partial charge in [0.2, 0.25) is 0 Å². The van der Waals surface area contributed by atoms with Crippen molar-refractivity contribution in [1.29, 1.82) is 0 Å². The molecule has 1 aliphatic carbocycles. The van der Waals surface area contributed by atoms with E-state index in [0.29, 0.717) is 5.56 Å². The van der Waals surface area contributed by atoms with Crippen LogP contribution in [-0.4, -0.2) is 30.5 Å². The minimum atomic E-state index is -4.65. The van der Waals surface area contributed by atoms with Crippen molar-refractivity contribution in [2.45, 2.75) is 36.5 Å². The number of aliphatic hydroxyl groups is 1. The van der Waals surface area contributed by atoms with Crippen molar-refractivity contribution in [1.82, 2.24) is 0 Å². The molecule has 0 heterocycles. The molecule has 3 unspecified atom stereocenters. The van der Waals surface area contributed by atoms with Crippen molar-refractivity contribution in [2.24, 2.45) is 0 Å². The van der Waals surface area contributed by atoms with Crippen LogP contribution in [0.5, 0.6) is 0 Å². The summed E-state index contributed by atoms with van der Waals surface area (Å²) in [5, 5.41) is 10.8. The molecule has 9 heteroatoms. The lowest BCUT2D eigenvalue weighted by Crippen LogP contribution is -2.40. The van der Waals surface area contributed by atoms with E-state index >= 15 is 0 Å². The van der Waals surface area contributed by atoms with Gasteiger partial charge >= 0.3 is 12.1 Å². The second-order valence-corrected chi connectivity index (χ2v) is 8.33. The molecule has 0 saturated heterocycles. The topological polar surface area (TPSA) is 46.5 Å². The predicted octanol–water partition coefficient (Wildman–Crippen LogP) is 6.17. The number of rotatable bonds is 3. The highest BCUT2D eigenvalue weighted by atomic mass is 35.5. The Balaban J connectivity index is 2.05. The van der Waals surface area contributed by atoms with E-state index in [4.69, 9.17) is 34.8 Å². The van der Waals surface area contributed by atoms with Crippen molar-refractivity contribution in [3.63, 3.8) is 0 Å². The zero-order valence-electron chi connectivity index (χ0n) is 15.1. The number of hydrogen-bond donors (Lipinski definition) is 1. The molecule has 0 radical (unpaired) electrons. The lowest BCUT2D eigenvalue weighted by Gasteiger charge is -2.33. The number of methoxy groups -OCH3 is 1. The number of hydrogen-bond acceptors (Lipinski definition) is 3. The molecule has 1 aliphatic rings. The molecule has 0 aliphatic heterocycles. The smallest absolute Gasteiger partial charge is 0.398 e. The highest BCUT2D eigenvalue weighted by molar-refractivity contribution is 6.34. The number of esters is 1. The Bertz CT molecular complexity index is 928. The molecule has 1 fully saturated rings. The van der Waals surface area contributed by atoms with E-state index in [2.05, 4.69) is 4.74 Å². The van der Waals surface area contributed by atoms with Crippen molar-refractivity contribution in [3.05, 3.63) is 68.2 Å². The molecule has 156 valence electrons. The van der Waals surface area contributed by atoms with Gasteiger partial charge in [-0.3, -0.25) is 0 Å². The van der Waals surface area contributed by atoms with Crippen LogP contribution >= 0.6 is 34.8 Å². The Hall–Kier alpha value is -1.47. The molecule has 3 nitrogen and oxygen atoms in total. The van der Waals surface area contributed by atoms with Crippen molar-refractivity contribution < 1.29 is 27.8 Å². The van der Waals surface area contributed by atoms with E-state index in [0.717, 1.165) is 0 Å². The predicted molar refractivity (Wildman–Crippen MR) is 105 cm³/mol. The van der Waals surface area contributed by atoms with Gasteiger partial charge < -0.3 is 9.84 Å². The number of carbonyl (C=O) groups excluding carboxylic acids is 1. The maximum Gasteiger partial charge on any atom is 0.398 e. The fourth-order valence-electron chi connectivity index (χ4n) is 3.93. The quantitative estimate of drug-likeness (QED) is 0.549. The van der Waals surface area contributed by atoms with E-state index in [1.165, 1.54) is 43.5 Å². The average Bonchev–Trinajstić information content (AvgIpc) is 2.99. The van der Waals surface area contributed by atoms with E-state index in [1.54, 1.807) is 0 Å². The Morgan fingerprint density at radius 3 is 2.24 bits per heavy atom. The van der Waals surface area contributed by atoms with Gasteiger partial charge in [0.15, 0.2) is 0 Å². The van der Waals surface area contributed by atoms with E-state index in [1.807, 2.05) is 0 Å². The summed E-state index contributed by atoms with van der Waals surface area (Å²) in [7, 11) is 1.20. The van der Waals surface area contributed by atoms with E-state index in [-0.39, 0.29) is 26.2 Å². The SMILES string of the molecule is COC(=O)c1ccc(C2CC(c3cc(Cl)cc(Cl)c3)(C(F)(F)F)CC2O)cc1Cl. The Labute approximate surface area is 180 Å². The summed E-state index contributed by atoms with van der Waals surface area (Å²) in [6.07, 6.45) is -6.89. The fraction of sp³-hybridized carbons (Fsp3) is 0.350. The van der Waals surface area contributed by atoms with Crippen LogP contribution in [-0.2, 0) is 10.2 Å². The average molecular weight is 468 g/mol. The van der Waals surface area contributed by atoms with Crippen LogP contribution < -0.4 is 0 Å². The first-order chi connectivity index (χ1) is 13.5. The van der Waals surface area contributed by atoms with Crippen molar-refractivity contribution >= 4 is 40.8 Å². The highest BCUT2D eigenvalue weighted by Crippen LogP contribution is 2.57. The lowest BCUT2D eigenvalue weighted by atomic mass is 9.77. The fourth-order valence-corrected chi connectivity index (χ4v) is 4.72. The first-order valence-corrected chi connectivity index (χ1v) is 9.71. The van der Waals surface area contributed by atoms with Crippen LogP contribution in [0.3, 0.4) is 0 Å². The Morgan fingerprint density at radius 1 is 1.10 bits per heavy atom. The Morgan fingerprint density at radius 2 is 1.72 bits per heavy atom. The van der Waals surface area contributed by atoms with E-state index < -0.39 is 42.4 Å². The molecule has 0 aromatic heterocycles. The number of ether oxygens (including phenoxy) is 1. The molecule has 3 rings (SSSR count). The summed E-state index contributed by atoms with van der Waals surface area (Å²) in [5.74, 6) is -1.51. The van der Waals surface area contributed by atoms with Gasteiger partial charge in [-0.05, 0) is 54.3 Å². The first kappa shape index (κ1) is 22.2. The largest absolute Gasteiger partial charge is 0.465 e. The number of halogens is 6. The molecule has 0 spiro atoms. The molecule has 3 atom stereocenters. The van der Waals surface area contributed by atoms with Crippen molar-refractivity contribution in [2.75, 3.05) is 7.11 Å². The van der Waals surface area contributed by atoms with Gasteiger partial charge in [0.05, 0.1) is 29.2 Å². The zero-order chi connectivity index (χ0) is 21.6. The first-order valence-electron chi connectivity index (χ1n) is 8.57. The van der Waals surface area contributed by atoms with Crippen LogP contribution in [0.25, 0.3) is 0 Å². The zero-order valence-corrected chi connectivity index (χ0v) is 17.3. The minimum absolute atomic E-state index is 0.0388. The molecule has 29 heavy (non-hydrogen) atoms. The second kappa shape index (κ2) is 7.99. The molecule has 2 aromatic carbocycles. The molecule has 0 bridgehead atoms. The van der Waals surface area contributed by atoms with Gasteiger partial charge in [-0.15, -0.1) is 0 Å². The van der Waals surface area contributed by atoms with Gasteiger partial charge in [0, 0.05) is 16.0 Å². The van der Waals surface area contributed by atoms with E-state index in [9.17, 15) is 23.1 Å². The normalized spacial score (nSPS) is 24.6. The van der Waals surface area contributed by atoms with Crippen LogP contribution in [0, 0.1) is 0 Å². The number of alkyl halides is 3. The van der Waals surface area contributed by atoms with Crippen molar-refractivity contribution in [3.8, 4) is 0 Å². The van der Waals surface area contributed by atoms with Crippen LogP contribution in [0.2, 0.25) is 15.1 Å². The molecular weight excluding hydrogens is 452 g/mol. The monoisotopic (exact) mass is 466 g/mol. The molecule has 1 saturated carbocycles. The maximum absolute atomic E-state index is 14.2. The summed E-state index contributed by atoms with van der Waals surface area (Å²) >= 11 is 18.0. The number of aliphatic hydroxyl groups excluding tert-OH is 1. The summed E-state index contributed by atoms with van der Waals surface area (Å²) in [5.41, 5.74) is -1.93. The summed E-state index contributed by atoms with van der Waals surface area (Å²) in [4.78, 5) is 11.7. The third-order valence-electron chi connectivity index (χ3n) is 5.37. The second-order valence-electron chi connectivity index (χ2n) is 7.05. The van der Waals surface area contributed by atoms with Gasteiger partial charge in [-0.1, -0.05) is 40.9 Å². The van der Waals surface area contributed by atoms with Gasteiger partial charge in [-0.2, -0.15) is 13.2 Å². The van der Waals surface area contributed by atoms with Gasteiger partial charge in [-0.25, -0.2) is 4.79 Å². The summed E-state index contributed by atoms with van der Waals surface area (Å²) in [6, 6.07) is 8.04. The number of benzene rings is 2. The van der Waals surface area contributed by atoms with Gasteiger partial charge in [0.25, 0.3) is 0 Å². The molecule has 0 amide bonds. The number of carbonyl (C=O) groups is 1. The third-order valence-corrected chi connectivity index (χ3v) is 6.12. The molecule has 1 N–H and O–H groups in total. The minimum Gasteiger partial charge on any atom is -0.465 e. The standard InChI is InChI=1S/C20H16Cl3F3O3/c1-29-18(28)14-3-2-10(4-16(14)23)15-8-19(9-17(15)27,20(24,25)26)11-5-12(21)7-13(22)6-11/h2-7,15,17,27H,8-9H2,1H3. The lowest BCUT2D eigenvalue weighted by molar-refractivity contribution is -0.191. The van der Waals surface area contributed by atoms with Crippen LogP contribution in [0.1, 0.15) is 40.2 Å². The van der Waals surface area contributed by atoms with Crippen LogP contribution in [0.4, 0.5) is 13.2 Å². The summed E-state index contributed by atoms with van der Waals surface area (Å²) < 4.78 is 47.3. The third kappa shape index (κ3) is 4.08. The maximum atomic E-state index is 14.2. The van der Waals surface area contributed by atoms with Crippen LogP contribution in [0.15, 0.2) is 36.4 Å². The van der Waals surface area contributed by atoms with Gasteiger partial charge in [0.1, 0.15) is 0 Å². The molecule has 2 aromatic rings. The Kier molecular flexibility index (Phi) is 6.12. The molecular formula is C20H16Cl3F3O3. The summed E-state index contributed by atoms with van der Waals surface area (Å²) in [6.45, 7) is 0.